The van der Waals surface area contributed by atoms with Crippen LogP contribution in [0.15, 0.2) is 55.2 Å². The Morgan fingerprint density at radius 2 is 1.51 bits per heavy atom. The molecule has 0 aromatic rings. The second-order valence-corrected chi connectivity index (χ2v) is 5.44. The molecule has 211 valence electrons. The highest BCUT2D eigenvalue weighted by molar-refractivity contribution is 5.07. The molecule has 0 aliphatic rings. The fourth-order valence-corrected chi connectivity index (χ4v) is 1.50. The van der Waals surface area contributed by atoms with E-state index in [-0.39, 0.29) is 14.0 Å². The van der Waals surface area contributed by atoms with Gasteiger partial charge < -0.3 is 25.2 Å². The molecular formula is C32H55N2O3. The van der Waals surface area contributed by atoms with E-state index in [1.807, 2.05) is 53.5 Å². The molecule has 0 amide bonds. The molecule has 0 rings (SSSR count). The van der Waals surface area contributed by atoms with Crippen molar-refractivity contribution in [2.45, 2.75) is 54.9 Å². The standard InChI is InChI=1S/C16H21NO.C6H10NO.C5H8O.2C2H6.CH4/c1-3-5-7-11-15-18-16-12-9-8-10-14-17-13-6-4-2;1-2-3-4-7-5-6-8;1-3-5-6-4-2;2*1-2;/h2-3,6,8,10,17H,11-16H2,1H3;1,3,7-8H,4-6H2;3-4H,1-2,5H2;2*1-2H3;1H4. The average Bonchev–Trinajstić information content (AvgIpc) is 2.93. The van der Waals surface area contributed by atoms with Gasteiger partial charge in [-0.1, -0.05) is 73.3 Å². The SMILES string of the molecule is C.C=CCOC=C.CC.CC.[CH]=C=CCNCCO.[CH]=C=CCNC[CH]C=[C]CCOCCC#C[CH]C. The van der Waals surface area contributed by atoms with Gasteiger partial charge in [0.25, 0.3) is 0 Å². The summed E-state index contributed by atoms with van der Waals surface area (Å²) in [4.78, 5) is 0. The molecule has 3 N–H and O–H groups in total. The van der Waals surface area contributed by atoms with Crippen molar-refractivity contribution in [2.24, 2.45) is 0 Å². The predicted molar refractivity (Wildman–Crippen MR) is 163 cm³/mol. The van der Waals surface area contributed by atoms with Crippen molar-refractivity contribution in [1.82, 2.24) is 10.6 Å². The quantitative estimate of drug-likeness (QED) is 0.0724. The first-order valence-electron chi connectivity index (χ1n) is 12.4. The third-order valence-corrected chi connectivity index (χ3v) is 2.86. The van der Waals surface area contributed by atoms with Gasteiger partial charge in [0, 0.05) is 39.0 Å². The summed E-state index contributed by atoms with van der Waals surface area (Å²) in [5.41, 5.74) is 4.81. The van der Waals surface area contributed by atoms with Crippen LogP contribution in [0.5, 0.6) is 0 Å². The zero-order valence-corrected chi connectivity index (χ0v) is 23.4. The summed E-state index contributed by atoms with van der Waals surface area (Å²) in [6, 6.07) is 0. The molecule has 0 aliphatic carbocycles. The van der Waals surface area contributed by atoms with Crippen molar-refractivity contribution in [3.05, 3.63) is 87.3 Å². The summed E-state index contributed by atoms with van der Waals surface area (Å²) in [6.07, 6.45) is 17.0. The van der Waals surface area contributed by atoms with Crippen molar-refractivity contribution >= 4 is 0 Å². The molecule has 0 bridgehead atoms. The molecule has 0 heterocycles. The van der Waals surface area contributed by atoms with E-state index < -0.39 is 0 Å². The minimum absolute atomic E-state index is 0. The van der Waals surface area contributed by atoms with Gasteiger partial charge >= 0.3 is 0 Å². The normalized spacial score (nSPS) is 7.95. The number of rotatable bonds is 17. The van der Waals surface area contributed by atoms with Crippen LogP contribution in [-0.2, 0) is 9.47 Å². The highest BCUT2D eigenvalue weighted by Gasteiger charge is 1.85. The lowest BCUT2D eigenvalue weighted by Gasteiger charge is -1.98. The van der Waals surface area contributed by atoms with E-state index in [9.17, 15) is 0 Å². The molecule has 0 saturated heterocycles. The zero-order chi connectivity index (χ0) is 28.4. The van der Waals surface area contributed by atoms with Crippen molar-refractivity contribution < 1.29 is 14.6 Å². The monoisotopic (exact) mass is 515 g/mol. The molecule has 0 atom stereocenters. The van der Waals surface area contributed by atoms with Crippen LogP contribution < -0.4 is 10.6 Å². The number of hydrogen-bond donors (Lipinski definition) is 3. The Morgan fingerprint density at radius 1 is 0.919 bits per heavy atom. The third kappa shape index (κ3) is 79.1. The number of aliphatic hydroxyl groups excluding tert-OH is 1. The van der Waals surface area contributed by atoms with E-state index in [1.54, 1.807) is 18.2 Å². The lowest BCUT2D eigenvalue weighted by molar-refractivity contribution is 0.143. The Kier molecular flexibility index (Phi) is 82.5. The number of hydrogen-bond acceptors (Lipinski definition) is 5. The summed E-state index contributed by atoms with van der Waals surface area (Å²) in [6.45, 7) is 31.6. The van der Waals surface area contributed by atoms with Gasteiger partial charge in [0.2, 0.25) is 0 Å². The van der Waals surface area contributed by atoms with Gasteiger partial charge in [0.05, 0.1) is 26.1 Å². The fourth-order valence-electron chi connectivity index (χ4n) is 1.50. The van der Waals surface area contributed by atoms with E-state index in [0.717, 1.165) is 25.9 Å². The van der Waals surface area contributed by atoms with Crippen molar-refractivity contribution in [3.8, 4) is 11.8 Å². The second-order valence-electron chi connectivity index (χ2n) is 5.44. The summed E-state index contributed by atoms with van der Waals surface area (Å²) in [5.74, 6) is 5.86. The molecule has 5 nitrogen and oxygen atoms in total. The van der Waals surface area contributed by atoms with Crippen LogP contribution in [0.4, 0.5) is 0 Å². The Balaban J connectivity index is -0.000000105. The van der Waals surface area contributed by atoms with Crippen molar-refractivity contribution in [1.29, 1.82) is 0 Å². The lowest BCUT2D eigenvalue weighted by Crippen LogP contribution is -2.17. The molecule has 0 spiro atoms. The third-order valence-electron chi connectivity index (χ3n) is 2.86. The number of aliphatic hydroxyl groups is 1. The molecule has 5 heteroatoms. The summed E-state index contributed by atoms with van der Waals surface area (Å²) >= 11 is 0. The van der Waals surface area contributed by atoms with Crippen molar-refractivity contribution in [2.75, 3.05) is 52.6 Å². The van der Waals surface area contributed by atoms with Gasteiger partial charge in [0.1, 0.15) is 6.61 Å². The van der Waals surface area contributed by atoms with E-state index in [1.165, 1.54) is 6.26 Å². The number of ether oxygens (including phenoxy) is 2. The van der Waals surface area contributed by atoms with E-state index in [0.29, 0.717) is 32.9 Å². The molecular weight excluding hydrogens is 460 g/mol. The molecule has 5 radical (unpaired) electrons. The van der Waals surface area contributed by atoms with Crippen LogP contribution in [-0.4, -0.2) is 57.7 Å². The molecule has 0 unspecified atom stereocenters. The van der Waals surface area contributed by atoms with E-state index in [2.05, 4.69) is 57.9 Å². The maximum absolute atomic E-state index is 8.24. The Morgan fingerprint density at radius 3 is 2.00 bits per heavy atom. The second kappa shape index (κ2) is 64.1. The maximum Gasteiger partial charge on any atom is 0.105 e. The maximum atomic E-state index is 8.24. The Labute approximate surface area is 231 Å². The van der Waals surface area contributed by atoms with E-state index >= 15 is 0 Å². The van der Waals surface area contributed by atoms with Gasteiger partial charge in [-0.3, -0.25) is 0 Å². The topological polar surface area (TPSA) is 62.8 Å². The molecule has 0 aliphatic heterocycles. The van der Waals surface area contributed by atoms with Crippen LogP contribution in [0.2, 0.25) is 0 Å². The fraction of sp³-hybridized carbons (Fsp3) is 0.500. The Bertz CT molecular complexity index is 569. The van der Waals surface area contributed by atoms with Gasteiger partial charge in [-0.25, -0.2) is 0 Å². The first-order valence-corrected chi connectivity index (χ1v) is 12.4. The first-order chi connectivity index (χ1) is 17.7. The summed E-state index contributed by atoms with van der Waals surface area (Å²) in [7, 11) is 0. The minimum Gasteiger partial charge on any atom is -0.498 e. The molecule has 0 aromatic heterocycles. The summed E-state index contributed by atoms with van der Waals surface area (Å²) < 4.78 is 10.0. The van der Waals surface area contributed by atoms with Gasteiger partial charge in [-0.05, 0) is 44.2 Å². The highest BCUT2D eigenvalue weighted by atomic mass is 16.5. The van der Waals surface area contributed by atoms with Gasteiger partial charge in [-0.2, -0.15) is 0 Å². The predicted octanol–water partition coefficient (Wildman–Crippen LogP) is 6.04. The summed E-state index contributed by atoms with van der Waals surface area (Å²) in [5, 5.41) is 14.3. The van der Waals surface area contributed by atoms with Crippen LogP contribution in [0.25, 0.3) is 0 Å². The van der Waals surface area contributed by atoms with Gasteiger partial charge in [-0.15, -0.1) is 17.4 Å². The molecule has 0 aromatic carbocycles. The van der Waals surface area contributed by atoms with E-state index in [4.69, 9.17) is 23.0 Å². The zero-order valence-electron chi connectivity index (χ0n) is 23.4. The molecule has 0 fully saturated rings. The largest absolute Gasteiger partial charge is 0.498 e. The molecule has 0 saturated carbocycles. The van der Waals surface area contributed by atoms with Crippen LogP contribution in [0.3, 0.4) is 0 Å². The van der Waals surface area contributed by atoms with Crippen LogP contribution in [0.1, 0.15) is 54.9 Å². The first kappa shape index (κ1) is 47.6. The van der Waals surface area contributed by atoms with Gasteiger partial charge in [0.15, 0.2) is 0 Å². The molecule has 37 heavy (non-hydrogen) atoms. The highest BCUT2D eigenvalue weighted by Crippen LogP contribution is 1.88. The van der Waals surface area contributed by atoms with Crippen LogP contribution >= 0.6 is 0 Å². The average molecular weight is 516 g/mol. The minimum atomic E-state index is 0. The van der Waals surface area contributed by atoms with Crippen LogP contribution in [0, 0.1) is 43.9 Å². The van der Waals surface area contributed by atoms with Crippen molar-refractivity contribution in [3.63, 3.8) is 0 Å². The number of nitrogens with one attached hydrogen (secondary N) is 2. The lowest BCUT2D eigenvalue weighted by atomic mass is 10.3. The Hall–Kier alpha value is -2.54. The smallest absolute Gasteiger partial charge is 0.105 e.